The van der Waals surface area contributed by atoms with E-state index in [1.54, 1.807) is 6.08 Å². The Morgan fingerprint density at radius 2 is 2.03 bits per heavy atom. The van der Waals surface area contributed by atoms with E-state index in [1.807, 2.05) is 38.1 Å². The highest BCUT2D eigenvalue weighted by molar-refractivity contribution is 6.10. The zero-order chi connectivity index (χ0) is 22.1. The molecule has 0 fully saturated rings. The van der Waals surface area contributed by atoms with Crippen molar-refractivity contribution in [2.75, 3.05) is 17.3 Å². The summed E-state index contributed by atoms with van der Waals surface area (Å²) in [5, 5.41) is 12.6. The number of aryl methyl sites for hydroxylation is 2. The lowest BCUT2D eigenvalue weighted by molar-refractivity contribution is -0.112. The molecule has 1 N–H and O–H groups in total. The van der Waals surface area contributed by atoms with Crippen LogP contribution in [-0.2, 0) is 11.2 Å². The van der Waals surface area contributed by atoms with Gasteiger partial charge in [0.2, 0.25) is 0 Å². The molecule has 0 saturated heterocycles. The summed E-state index contributed by atoms with van der Waals surface area (Å²) in [6.07, 6.45) is 3.59. The third-order valence-electron chi connectivity index (χ3n) is 6.33. The van der Waals surface area contributed by atoms with Crippen LogP contribution in [0.1, 0.15) is 62.3 Å². The minimum Gasteiger partial charge on any atom is -0.369 e. The Hall–Kier alpha value is -3.06. The predicted octanol–water partition coefficient (Wildman–Crippen LogP) is 5.83. The molecule has 0 spiro atoms. The van der Waals surface area contributed by atoms with Crippen molar-refractivity contribution in [1.29, 1.82) is 5.26 Å². The summed E-state index contributed by atoms with van der Waals surface area (Å²) in [5.41, 5.74) is 6.49. The molecule has 1 aliphatic rings. The van der Waals surface area contributed by atoms with Gasteiger partial charge in [0.15, 0.2) is 0 Å². The van der Waals surface area contributed by atoms with Gasteiger partial charge in [-0.2, -0.15) is 5.26 Å². The number of benzene rings is 2. The van der Waals surface area contributed by atoms with Crippen LogP contribution >= 0.6 is 0 Å². The molecule has 1 atom stereocenters. The Balaban J connectivity index is 1.96. The monoisotopic (exact) mass is 401 g/mol. The van der Waals surface area contributed by atoms with Gasteiger partial charge in [0.05, 0.1) is 0 Å². The normalized spacial score (nSPS) is 17.8. The average molecular weight is 402 g/mol. The Kier molecular flexibility index (Phi) is 6.03. The third kappa shape index (κ3) is 4.11. The fourth-order valence-corrected chi connectivity index (χ4v) is 4.33. The number of rotatable bonds is 4. The molecule has 1 aliphatic heterocycles. The lowest BCUT2D eigenvalue weighted by atomic mass is 9.79. The van der Waals surface area contributed by atoms with Gasteiger partial charge in [-0.25, -0.2) is 0 Å². The second kappa shape index (κ2) is 8.36. The fourth-order valence-electron chi connectivity index (χ4n) is 4.33. The quantitative estimate of drug-likeness (QED) is 0.518. The number of fused-ring (bicyclic) bond motifs is 1. The van der Waals surface area contributed by atoms with E-state index in [4.69, 9.17) is 0 Å². The van der Waals surface area contributed by atoms with Gasteiger partial charge in [-0.1, -0.05) is 32.0 Å². The second-order valence-corrected chi connectivity index (χ2v) is 8.88. The maximum Gasteiger partial charge on any atom is 0.266 e. The number of anilines is 2. The van der Waals surface area contributed by atoms with Crippen LogP contribution < -0.4 is 10.2 Å². The predicted molar refractivity (Wildman–Crippen MR) is 125 cm³/mol. The van der Waals surface area contributed by atoms with Crippen molar-refractivity contribution in [1.82, 2.24) is 0 Å². The van der Waals surface area contributed by atoms with Crippen LogP contribution in [0.15, 0.2) is 42.0 Å². The maximum atomic E-state index is 12.8. The first kappa shape index (κ1) is 21.6. The van der Waals surface area contributed by atoms with Gasteiger partial charge in [-0.15, -0.1) is 0 Å². The average Bonchev–Trinajstić information content (AvgIpc) is 2.71. The number of carbonyl (C=O) groups is 1. The lowest BCUT2D eigenvalue weighted by Gasteiger charge is -2.45. The summed E-state index contributed by atoms with van der Waals surface area (Å²) >= 11 is 0. The molecular weight excluding hydrogens is 370 g/mol. The summed E-state index contributed by atoms with van der Waals surface area (Å²) in [5.74, 6) is 0.0385. The topological polar surface area (TPSA) is 56.1 Å². The molecule has 1 amide bonds. The number of amides is 1. The molecule has 0 aliphatic carbocycles. The van der Waals surface area contributed by atoms with Crippen LogP contribution in [0.5, 0.6) is 0 Å². The van der Waals surface area contributed by atoms with Gasteiger partial charge in [0.25, 0.3) is 5.91 Å². The summed E-state index contributed by atoms with van der Waals surface area (Å²) in [7, 11) is 2.14. The van der Waals surface area contributed by atoms with Crippen LogP contribution in [0.4, 0.5) is 11.4 Å². The minimum absolute atomic E-state index is 0.0978. The molecule has 1 heterocycles. The number of para-hydroxylation sites is 1. The highest BCUT2D eigenvalue weighted by atomic mass is 16.1. The Morgan fingerprint density at radius 1 is 1.33 bits per heavy atom. The fraction of sp³-hybridized carbons (Fsp3) is 0.385. The van der Waals surface area contributed by atoms with Crippen molar-refractivity contribution in [2.45, 2.75) is 58.9 Å². The molecule has 2 aromatic rings. The summed E-state index contributed by atoms with van der Waals surface area (Å²) in [6, 6.07) is 14.1. The zero-order valence-corrected chi connectivity index (χ0v) is 18.8. The molecule has 30 heavy (non-hydrogen) atoms. The molecular formula is C26H31N3O. The van der Waals surface area contributed by atoms with Crippen molar-refractivity contribution in [2.24, 2.45) is 0 Å². The highest BCUT2D eigenvalue weighted by Crippen LogP contribution is 2.43. The molecule has 0 bridgehead atoms. The highest BCUT2D eigenvalue weighted by Gasteiger charge is 2.34. The van der Waals surface area contributed by atoms with E-state index in [9.17, 15) is 10.1 Å². The standard InChI is InChI=1S/C26H31N3O/c1-7-19-10-8-9-11-23(19)28-25(30)21(16-27)13-20-14-22-18(3)15-26(4,5)29(6)24(22)12-17(20)2/h8-14,18H,7,15H2,1-6H3,(H,28,30)/b21-13-/t18-/m1/s1. The van der Waals surface area contributed by atoms with Crippen LogP contribution in [-0.4, -0.2) is 18.5 Å². The Morgan fingerprint density at radius 3 is 2.70 bits per heavy atom. The van der Waals surface area contributed by atoms with Crippen LogP contribution in [0.2, 0.25) is 0 Å². The summed E-state index contributed by atoms with van der Waals surface area (Å²) in [4.78, 5) is 15.1. The van der Waals surface area contributed by atoms with E-state index >= 15 is 0 Å². The SMILES string of the molecule is CCc1ccccc1NC(=O)/C(C#N)=C\c1cc2c(cc1C)N(C)C(C)(C)C[C@H]2C. The molecule has 4 nitrogen and oxygen atoms in total. The zero-order valence-electron chi connectivity index (χ0n) is 18.8. The van der Waals surface area contributed by atoms with Crippen LogP contribution in [0.3, 0.4) is 0 Å². The van der Waals surface area contributed by atoms with Gasteiger partial charge < -0.3 is 10.2 Å². The van der Waals surface area contributed by atoms with Gasteiger partial charge in [-0.3, -0.25) is 4.79 Å². The largest absolute Gasteiger partial charge is 0.369 e. The molecule has 3 rings (SSSR count). The third-order valence-corrected chi connectivity index (χ3v) is 6.33. The van der Waals surface area contributed by atoms with Crippen LogP contribution in [0, 0.1) is 18.3 Å². The number of carbonyl (C=O) groups excluding carboxylic acids is 1. The number of nitrogens with zero attached hydrogens (tertiary/aromatic N) is 2. The Labute approximate surface area is 180 Å². The van der Waals surface area contributed by atoms with Gasteiger partial charge >= 0.3 is 0 Å². The number of hydrogen-bond acceptors (Lipinski definition) is 3. The van der Waals surface area contributed by atoms with Gasteiger partial charge in [0.1, 0.15) is 11.6 Å². The maximum absolute atomic E-state index is 12.8. The van der Waals surface area contributed by atoms with Gasteiger partial charge in [0, 0.05) is 24.0 Å². The number of nitriles is 1. The molecule has 0 saturated carbocycles. The van der Waals surface area contributed by atoms with Crippen molar-refractivity contribution in [3.8, 4) is 6.07 Å². The number of hydrogen-bond donors (Lipinski definition) is 1. The first-order valence-corrected chi connectivity index (χ1v) is 10.6. The van der Waals surface area contributed by atoms with E-state index in [-0.39, 0.29) is 17.0 Å². The molecule has 4 heteroatoms. The second-order valence-electron chi connectivity index (χ2n) is 8.88. The molecule has 2 aromatic carbocycles. The van der Waals surface area contributed by atoms with Gasteiger partial charge in [-0.05, 0) is 86.1 Å². The van der Waals surface area contributed by atoms with E-state index < -0.39 is 0 Å². The van der Waals surface area contributed by atoms with E-state index in [1.165, 1.54) is 11.3 Å². The Bertz CT molecular complexity index is 1040. The minimum atomic E-state index is -0.373. The van der Waals surface area contributed by atoms with Crippen molar-refractivity contribution in [3.05, 3.63) is 64.2 Å². The van der Waals surface area contributed by atoms with E-state index in [0.717, 1.165) is 35.2 Å². The molecule has 0 aromatic heterocycles. The molecule has 156 valence electrons. The first-order valence-electron chi connectivity index (χ1n) is 10.6. The van der Waals surface area contributed by atoms with E-state index in [0.29, 0.717) is 5.92 Å². The van der Waals surface area contributed by atoms with Crippen molar-refractivity contribution < 1.29 is 4.79 Å². The lowest BCUT2D eigenvalue weighted by Crippen LogP contribution is -2.45. The summed E-state index contributed by atoms with van der Waals surface area (Å²) in [6.45, 7) is 10.9. The molecule has 0 radical (unpaired) electrons. The van der Waals surface area contributed by atoms with Crippen molar-refractivity contribution >= 4 is 23.4 Å². The first-order chi connectivity index (χ1) is 14.2. The van der Waals surface area contributed by atoms with E-state index in [2.05, 4.69) is 56.2 Å². The van der Waals surface area contributed by atoms with Crippen molar-refractivity contribution in [3.63, 3.8) is 0 Å². The number of nitrogens with one attached hydrogen (secondary N) is 1. The molecule has 0 unspecified atom stereocenters. The summed E-state index contributed by atoms with van der Waals surface area (Å²) < 4.78 is 0. The van der Waals surface area contributed by atoms with Crippen LogP contribution in [0.25, 0.3) is 6.08 Å². The smallest absolute Gasteiger partial charge is 0.266 e.